The summed E-state index contributed by atoms with van der Waals surface area (Å²) >= 11 is 10.3. The van der Waals surface area contributed by atoms with Crippen molar-refractivity contribution < 1.29 is 13.9 Å². The molecule has 0 atom stereocenters. The molecule has 0 spiro atoms. The molecule has 0 unspecified atom stereocenters. The first-order valence-corrected chi connectivity index (χ1v) is 11.4. The third-order valence-corrected chi connectivity index (χ3v) is 6.05. The van der Waals surface area contributed by atoms with Gasteiger partial charge in [0.1, 0.15) is 29.8 Å². The Bertz CT molecular complexity index is 1170. The summed E-state index contributed by atoms with van der Waals surface area (Å²) in [6.45, 7) is 0.297. The Labute approximate surface area is 211 Å². The van der Waals surface area contributed by atoms with Crippen LogP contribution >= 0.6 is 56.8 Å². The number of rotatable bonds is 6. The number of hydrogen-bond donors (Lipinski definition) is 1. The molecular weight excluding hydrogens is 645 g/mol. The summed E-state index contributed by atoms with van der Waals surface area (Å²) in [6.07, 6.45) is 1.51. The molecule has 0 saturated carbocycles. The molecule has 0 heterocycles. The van der Waals surface area contributed by atoms with Crippen molar-refractivity contribution in [1.29, 1.82) is 5.26 Å². The largest absolute Gasteiger partial charge is 0.487 e. The van der Waals surface area contributed by atoms with Gasteiger partial charge in [-0.3, -0.25) is 4.79 Å². The summed E-state index contributed by atoms with van der Waals surface area (Å²) in [5, 5.41) is 12.5. The van der Waals surface area contributed by atoms with Crippen molar-refractivity contribution in [1.82, 2.24) is 0 Å². The summed E-state index contributed by atoms with van der Waals surface area (Å²) < 4.78 is 20.6. The van der Waals surface area contributed by atoms with Crippen molar-refractivity contribution in [2.75, 3.05) is 5.32 Å². The van der Waals surface area contributed by atoms with Crippen LogP contribution in [0.2, 0.25) is 5.02 Å². The van der Waals surface area contributed by atoms with Crippen LogP contribution in [0.25, 0.3) is 6.08 Å². The van der Waals surface area contributed by atoms with Crippen LogP contribution in [0.15, 0.2) is 66.2 Å². The van der Waals surface area contributed by atoms with Crippen molar-refractivity contribution in [3.63, 3.8) is 0 Å². The van der Waals surface area contributed by atoms with Crippen molar-refractivity contribution >= 4 is 74.5 Å². The number of ether oxygens (including phenoxy) is 1. The van der Waals surface area contributed by atoms with Crippen LogP contribution in [0.5, 0.6) is 5.75 Å². The van der Waals surface area contributed by atoms with Gasteiger partial charge in [-0.15, -0.1) is 0 Å². The maximum Gasteiger partial charge on any atom is 0.266 e. The second kappa shape index (κ2) is 10.9. The Kier molecular flexibility index (Phi) is 8.28. The molecule has 31 heavy (non-hydrogen) atoms. The van der Waals surface area contributed by atoms with Crippen LogP contribution in [0, 0.1) is 24.3 Å². The summed E-state index contributed by atoms with van der Waals surface area (Å²) in [5.41, 5.74) is 1.92. The van der Waals surface area contributed by atoms with E-state index >= 15 is 0 Å². The van der Waals surface area contributed by atoms with Crippen molar-refractivity contribution in [3.8, 4) is 11.8 Å². The van der Waals surface area contributed by atoms with Gasteiger partial charge in [0, 0.05) is 0 Å². The zero-order valence-electron chi connectivity index (χ0n) is 15.8. The molecule has 0 radical (unpaired) electrons. The molecule has 0 aliphatic rings. The number of carbonyl (C=O) groups is 1. The number of benzene rings is 3. The number of para-hydroxylation sites is 1. The minimum absolute atomic E-state index is 0.0495. The predicted molar refractivity (Wildman–Crippen MR) is 136 cm³/mol. The lowest BCUT2D eigenvalue weighted by Gasteiger charge is -2.12. The maximum atomic E-state index is 13.0. The van der Waals surface area contributed by atoms with Crippen molar-refractivity contribution in [2.24, 2.45) is 0 Å². The topological polar surface area (TPSA) is 62.1 Å². The third-order valence-electron chi connectivity index (χ3n) is 4.12. The zero-order chi connectivity index (χ0) is 22.4. The number of anilines is 1. The van der Waals surface area contributed by atoms with E-state index in [9.17, 15) is 14.4 Å². The summed E-state index contributed by atoms with van der Waals surface area (Å²) in [6, 6.07) is 18.5. The van der Waals surface area contributed by atoms with Crippen LogP contribution in [0.1, 0.15) is 11.1 Å². The molecule has 156 valence electrons. The molecule has 3 rings (SSSR count). The van der Waals surface area contributed by atoms with Crippen LogP contribution in [-0.4, -0.2) is 5.91 Å². The van der Waals surface area contributed by atoms with Crippen LogP contribution in [-0.2, 0) is 11.4 Å². The van der Waals surface area contributed by atoms with Gasteiger partial charge in [-0.05, 0) is 98.8 Å². The smallest absolute Gasteiger partial charge is 0.266 e. The highest BCUT2D eigenvalue weighted by molar-refractivity contribution is 14.1. The molecule has 3 aromatic carbocycles. The number of amides is 1. The molecule has 3 aromatic rings. The minimum atomic E-state index is -0.544. The summed E-state index contributed by atoms with van der Waals surface area (Å²) in [4.78, 5) is 12.5. The van der Waals surface area contributed by atoms with E-state index in [4.69, 9.17) is 16.3 Å². The second-order valence-corrected chi connectivity index (χ2v) is 9.06. The Balaban J connectivity index is 1.78. The number of hydrogen-bond acceptors (Lipinski definition) is 3. The van der Waals surface area contributed by atoms with E-state index < -0.39 is 5.91 Å². The van der Waals surface area contributed by atoms with Crippen molar-refractivity contribution in [2.45, 2.75) is 6.61 Å². The highest BCUT2D eigenvalue weighted by Gasteiger charge is 2.13. The Morgan fingerprint density at radius 3 is 2.39 bits per heavy atom. The summed E-state index contributed by atoms with van der Waals surface area (Å²) in [7, 11) is 0. The number of carbonyl (C=O) groups excluding carboxylic acids is 1. The quantitative estimate of drug-likeness (QED) is 0.180. The van der Waals surface area contributed by atoms with E-state index in [0.717, 1.165) is 12.7 Å². The average Bonchev–Trinajstić information content (AvgIpc) is 2.74. The molecule has 8 heteroatoms. The zero-order valence-corrected chi connectivity index (χ0v) is 20.9. The number of halogens is 4. The van der Waals surface area contributed by atoms with Gasteiger partial charge >= 0.3 is 0 Å². The standard InChI is InChI=1S/C23H14ClFI2N2O2/c24-18-3-1-2-4-21(18)29-23(30)16(12-28)9-15-10-19(26)22(20(27)11-15)31-13-14-5-7-17(25)8-6-14/h1-11H,13H2,(H,29,30)/b16-9+. The fraction of sp³-hybridized carbons (Fsp3) is 0.0435. The lowest BCUT2D eigenvalue weighted by molar-refractivity contribution is -0.112. The lowest BCUT2D eigenvalue weighted by atomic mass is 10.1. The molecule has 0 fully saturated rings. The first-order chi connectivity index (χ1) is 14.9. The highest BCUT2D eigenvalue weighted by atomic mass is 127. The fourth-order valence-electron chi connectivity index (χ4n) is 2.60. The normalized spacial score (nSPS) is 11.0. The number of nitriles is 1. The molecule has 0 aromatic heterocycles. The van der Waals surface area contributed by atoms with E-state index in [1.54, 1.807) is 36.4 Å². The monoisotopic (exact) mass is 658 g/mol. The Morgan fingerprint density at radius 2 is 1.77 bits per heavy atom. The van der Waals surface area contributed by atoms with E-state index in [-0.39, 0.29) is 11.4 Å². The SMILES string of the molecule is N#C/C(=C\c1cc(I)c(OCc2ccc(F)cc2)c(I)c1)C(=O)Nc1ccccc1Cl. The van der Waals surface area contributed by atoms with Crippen LogP contribution < -0.4 is 10.1 Å². The van der Waals surface area contributed by atoms with E-state index in [2.05, 4.69) is 50.5 Å². The predicted octanol–water partition coefficient (Wildman–Crippen LogP) is 6.81. The van der Waals surface area contributed by atoms with E-state index in [1.807, 2.05) is 18.2 Å². The van der Waals surface area contributed by atoms with Crippen molar-refractivity contribution in [3.05, 3.63) is 95.3 Å². The molecule has 0 aliphatic carbocycles. The third kappa shape index (κ3) is 6.41. The lowest BCUT2D eigenvalue weighted by Crippen LogP contribution is -2.13. The van der Waals surface area contributed by atoms with Gasteiger partial charge in [-0.2, -0.15) is 5.26 Å². The van der Waals surface area contributed by atoms with Gasteiger partial charge in [-0.1, -0.05) is 35.9 Å². The number of nitrogens with one attached hydrogen (secondary N) is 1. The Morgan fingerprint density at radius 1 is 1.13 bits per heavy atom. The molecule has 0 bridgehead atoms. The fourth-order valence-corrected chi connectivity index (χ4v) is 4.92. The molecule has 1 N–H and O–H groups in total. The van der Waals surface area contributed by atoms with Crippen LogP contribution in [0.3, 0.4) is 0 Å². The number of nitrogens with zero attached hydrogens (tertiary/aromatic N) is 1. The maximum absolute atomic E-state index is 13.0. The molecule has 1 amide bonds. The van der Waals surface area contributed by atoms with Gasteiger partial charge in [-0.25, -0.2) is 4.39 Å². The summed E-state index contributed by atoms with van der Waals surface area (Å²) in [5.74, 6) is -0.158. The molecule has 4 nitrogen and oxygen atoms in total. The van der Waals surface area contributed by atoms with E-state index in [0.29, 0.717) is 28.6 Å². The van der Waals surface area contributed by atoms with Gasteiger partial charge in [0.15, 0.2) is 0 Å². The van der Waals surface area contributed by atoms with Gasteiger partial charge in [0.05, 0.1) is 17.9 Å². The minimum Gasteiger partial charge on any atom is -0.487 e. The highest BCUT2D eigenvalue weighted by Crippen LogP contribution is 2.31. The van der Waals surface area contributed by atoms with Gasteiger partial charge < -0.3 is 10.1 Å². The Hall–Kier alpha value is -2.16. The van der Waals surface area contributed by atoms with Gasteiger partial charge in [0.25, 0.3) is 5.91 Å². The second-order valence-electron chi connectivity index (χ2n) is 6.33. The molecular formula is C23H14ClFI2N2O2. The first kappa shape index (κ1) is 23.5. The first-order valence-electron chi connectivity index (χ1n) is 8.91. The van der Waals surface area contributed by atoms with E-state index in [1.165, 1.54) is 18.2 Å². The average molecular weight is 659 g/mol. The molecule has 0 aliphatic heterocycles. The van der Waals surface area contributed by atoms with Crippen LogP contribution in [0.4, 0.5) is 10.1 Å². The molecule has 0 saturated heterocycles. The van der Waals surface area contributed by atoms with Gasteiger partial charge in [0.2, 0.25) is 0 Å².